The molecule has 0 bridgehead atoms. The molecule has 0 saturated heterocycles. The summed E-state index contributed by atoms with van der Waals surface area (Å²) in [6, 6.07) is 14.6. The largest absolute Gasteiger partial charge is 0.463 e. The normalized spacial score (nSPS) is 17.3. The summed E-state index contributed by atoms with van der Waals surface area (Å²) in [5.41, 5.74) is 3.61. The zero-order valence-electron chi connectivity index (χ0n) is 12.4. The van der Waals surface area contributed by atoms with E-state index in [1.165, 1.54) is 11.1 Å². The summed E-state index contributed by atoms with van der Waals surface area (Å²) in [5.74, 6) is 1.53. The Morgan fingerprint density at radius 1 is 1.14 bits per heavy atom. The molecular weight excluding hydrogens is 274 g/mol. The van der Waals surface area contributed by atoms with Crippen molar-refractivity contribution in [3.8, 4) is 11.5 Å². The van der Waals surface area contributed by atoms with Crippen molar-refractivity contribution in [2.75, 3.05) is 11.4 Å². The van der Waals surface area contributed by atoms with Gasteiger partial charge in [-0.1, -0.05) is 24.3 Å². The minimum Gasteiger partial charge on any atom is -0.463 e. The predicted octanol–water partition coefficient (Wildman–Crippen LogP) is 3.86. The Morgan fingerprint density at radius 2 is 2.05 bits per heavy atom. The number of nitrogens with zero attached hydrogens (tertiary/aromatic N) is 3. The van der Waals surface area contributed by atoms with Crippen LogP contribution < -0.4 is 4.90 Å². The van der Waals surface area contributed by atoms with Crippen molar-refractivity contribution in [2.24, 2.45) is 0 Å². The van der Waals surface area contributed by atoms with Crippen molar-refractivity contribution < 1.29 is 4.42 Å². The van der Waals surface area contributed by atoms with E-state index >= 15 is 0 Å². The van der Waals surface area contributed by atoms with Crippen molar-refractivity contribution in [2.45, 2.75) is 19.4 Å². The van der Waals surface area contributed by atoms with Crippen LogP contribution in [0.15, 0.2) is 59.3 Å². The molecule has 0 amide bonds. The first-order valence-corrected chi connectivity index (χ1v) is 7.54. The molecule has 1 aromatic carbocycles. The van der Waals surface area contributed by atoms with E-state index in [1.54, 1.807) is 12.5 Å². The summed E-state index contributed by atoms with van der Waals surface area (Å²) in [5, 5.41) is 0. The highest BCUT2D eigenvalue weighted by molar-refractivity contribution is 5.54. The standard InChI is InChI=1S/C18H17N3O/c1-13-15-6-3-2-5-14(15)9-11-21(13)18-19-10-8-16(20-18)17-7-4-12-22-17/h2-8,10,12-13H,9,11H2,1H3. The second-order valence-corrected chi connectivity index (χ2v) is 5.54. The number of benzene rings is 1. The van der Waals surface area contributed by atoms with Gasteiger partial charge in [-0.25, -0.2) is 9.97 Å². The van der Waals surface area contributed by atoms with Crippen LogP contribution in [-0.2, 0) is 6.42 Å². The van der Waals surface area contributed by atoms with Crippen LogP contribution in [0, 0.1) is 0 Å². The minimum absolute atomic E-state index is 0.275. The predicted molar refractivity (Wildman–Crippen MR) is 85.6 cm³/mol. The first-order valence-electron chi connectivity index (χ1n) is 7.54. The zero-order valence-corrected chi connectivity index (χ0v) is 12.4. The summed E-state index contributed by atoms with van der Waals surface area (Å²) >= 11 is 0. The molecule has 4 nitrogen and oxygen atoms in total. The maximum Gasteiger partial charge on any atom is 0.226 e. The van der Waals surface area contributed by atoms with E-state index in [2.05, 4.69) is 46.1 Å². The van der Waals surface area contributed by atoms with Crippen LogP contribution in [0.5, 0.6) is 0 Å². The maximum absolute atomic E-state index is 5.44. The molecule has 4 rings (SSSR count). The Labute approximate surface area is 129 Å². The summed E-state index contributed by atoms with van der Waals surface area (Å²) in [4.78, 5) is 11.4. The molecule has 2 aromatic heterocycles. The molecule has 0 radical (unpaired) electrons. The van der Waals surface area contributed by atoms with Crippen LogP contribution in [0.3, 0.4) is 0 Å². The number of hydrogen-bond acceptors (Lipinski definition) is 4. The fourth-order valence-corrected chi connectivity index (χ4v) is 3.09. The molecule has 3 heterocycles. The van der Waals surface area contributed by atoms with Crippen LogP contribution >= 0.6 is 0 Å². The van der Waals surface area contributed by atoms with Gasteiger partial charge >= 0.3 is 0 Å². The van der Waals surface area contributed by atoms with Crippen molar-refractivity contribution in [1.82, 2.24) is 9.97 Å². The van der Waals surface area contributed by atoms with Gasteiger partial charge in [-0.2, -0.15) is 0 Å². The van der Waals surface area contributed by atoms with Crippen molar-refractivity contribution in [3.63, 3.8) is 0 Å². The van der Waals surface area contributed by atoms with Gasteiger partial charge in [-0.05, 0) is 42.7 Å². The molecule has 0 fully saturated rings. The lowest BCUT2D eigenvalue weighted by molar-refractivity contribution is 0.577. The van der Waals surface area contributed by atoms with Crippen LogP contribution in [0.4, 0.5) is 5.95 Å². The fourth-order valence-electron chi connectivity index (χ4n) is 3.09. The van der Waals surface area contributed by atoms with Gasteiger partial charge in [-0.3, -0.25) is 0 Å². The number of furan rings is 1. The van der Waals surface area contributed by atoms with Gasteiger partial charge in [0.05, 0.1) is 12.3 Å². The Kier molecular flexibility index (Phi) is 3.15. The molecule has 1 unspecified atom stereocenters. The molecule has 0 aliphatic carbocycles. The van der Waals surface area contributed by atoms with E-state index in [9.17, 15) is 0 Å². The van der Waals surface area contributed by atoms with E-state index in [-0.39, 0.29) is 6.04 Å². The Morgan fingerprint density at radius 3 is 2.91 bits per heavy atom. The summed E-state index contributed by atoms with van der Waals surface area (Å²) in [7, 11) is 0. The maximum atomic E-state index is 5.44. The molecular formula is C18H17N3O. The first kappa shape index (κ1) is 13.1. The van der Waals surface area contributed by atoms with Crippen molar-refractivity contribution >= 4 is 5.95 Å². The number of anilines is 1. The topological polar surface area (TPSA) is 42.2 Å². The molecule has 0 spiro atoms. The molecule has 4 heteroatoms. The second-order valence-electron chi connectivity index (χ2n) is 5.54. The molecule has 1 aliphatic heterocycles. The van der Waals surface area contributed by atoms with Gasteiger partial charge in [0.1, 0.15) is 5.69 Å². The number of rotatable bonds is 2. The minimum atomic E-state index is 0.275. The molecule has 110 valence electrons. The van der Waals surface area contributed by atoms with Crippen LogP contribution in [-0.4, -0.2) is 16.5 Å². The van der Waals surface area contributed by atoms with Crippen LogP contribution in [0.1, 0.15) is 24.1 Å². The van der Waals surface area contributed by atoms with Gasteiger partial charge in [0.2, 0.25) is 5.95 Å². The fraction of sp³-hybridized carbons (Fsp3) is 0.222. The number of fused-ring (bicyclic) bond motifs is 1. The smallest absolute Gasteiger partial charge is 0.226 e. The Bertz CT molecular complexity index is 783. The van der Waals surface area contributed by atoms with E-state index in [0.717, 1.165) is 30.4 Å². The van der Waals surface area contributed by atoms with Crippen molar-refractivity contribution in [3.05, 3.63) is 66.1 Å². The van der Waals surface area contributed by atoms with Gasteiger partial charge in [-0.15, -0.1) is 0 Å². The number of hydrogen-bond donors (Lipinski definition) is 0. The van der Waals surface area contributed by atoms with E-state index in [0.29, 0.717) is 0 Å². The molecule has 1 aliphatic rings. The van der Waals surface area contributed by atoms with Gasteiger partial charge in [0, 0.05) is 12.7 Å². The molecule has 0 saturated carbocycles. The van der Waals surface area contributed by atoms with Gasteiger partial charge in [0.25, 0.3) is 0 Å². The summed E-state index contributed by atoms with van der Waals surface area (Å²) in [6.45, 7) is 3.14. The lowest BCUT2D eigenvalue weighted by atomic mass is 9.94. The van der Waals surface area contributed by atoms with Gasteiger partial charge in [0.15, 0.2) is 5.76 Å². The quantitative estimate of drug-likeness (QED) is 0.719. The highest BCUT2D eigenvalue weighted by atomic mass is 16.3. The summed E-state index contributed by atoms with van der Waals surface area (Å²) in [6.07, 6.45) is 4.49. The molecule has 3 aromatic rings. The summed E-state index contributed by atoms with van der Waals surface area (Å²) < 4.78 is 5.44. The molecule has 1 atom stereocenters. The SMILES string of the molecule is CC1c2ccccc2CCN1c1nccc(-c2ccco2)n1. The van der Waals surface area contributed by atoms with Crippen LogP contribution in [0.25, 0.3) is 11.5 Å². The first-order chi connectivity index (χ1) is 10.8. The van der Waals surface area contributed by atoms with E-state index in [4.69, 9.17) is 4.42 Å². The van der Waals surface area contributed by atoms with Gasteiger partial charge < -0.3 is 9.32 Å². The third-order valence-corrected chi connectivity index (χ3v) is 4.27. The van der Waals surface area contributed by atoms with Crippen molar-refractivity contribution in [1.29, 1.82) is 0 Å². The lowest BCUT2D eigenvalue weighted by Crippen LogP contribution is -2.35. The highest BCUT2D eigenvalue weighted by Crippen LogP contribution is 2.32. The Balaban J connectivity index is 1.70. The third kappa shape index (κ3) is 2.17. The third-order valence-electron chi connectivity index (χ3n) is 4.27. The molecule has 0 N–H and O–H groups in total. The lowest BCUT2D eigenvalue weighted by Gasteiger charge is -2.35. The average Bonchev–Trinajstić information content (AvgIpc) is 3.10. The van der Waals surface area contributed by atoms with E-state index in [1.807, 2.05) is 18.2 Å². The van der Waals surface area contributed by atoms with Crippen LogP contribution in [0.2, 0.25) is 0 Å². The second kappa shape index (κ2) is 5.30. The average molecular weight is 291 g/mol. The highest BCUT2D eigenvalue weighted by Gasteiger charge is 2.25. The zero-order chi connectivity index (χ0) is 14.9. The monoisotopic (exact) mass is 291 g/mol. The number of aromatic nitrogens is 2. The Hall–Kier alpha value is -2.62. The van der Waals surface area contributed by atoms with E-state index < -0.39 is 0 Å². The molecule has 22 heavy (non-hydrogen) atoms.